The van der Waals surface area contributed by atoms with E-state index in [-0.39, 0.29) is 10.9 Å². The second kappa shape index (κ2) is 16.0. The smallest absolute Gasteiger partial charge is 0.255 e. The molecule has 1 saturated heterocycles. The minimum Gasteiger partial charge on any atom is -0.496 e. The zero-order valence-corrected chi connectivity index (χ0v) is 29.3. The Bertz CT molecular complexity index is 1640. The van der Waals surface area contributed by atoms with E-state index in [1.807, 2.05) is 41.4 Å². The Morgan fingerprint density at radius 2 is 1.85 bits per heavy atom. The first-order valence-electron chi connectivity index (χ1n) is 15.6. The largest absolute Gasteiger partial charge is 0.496 e. The minimum atomic E-state index is -0.186. The van der Waals surface area contributed by atoms with Crippen molar-refractivity contribution in [3.05, 3.63) is 86.7 Å². The van der Waals surface area contributed by atoms with Crippen LogP contribution in [0.4, 0.5) is 0 Å². The van der Waals surface area contributed by atoms with Gasteiger partial charge in [-0.1, -0.05) is 47.4 Å². The van der Waals surface area contributed by atoms with Gasteiger partial charge in [-0.25, -0.2) is 4.98 Å². The van der Waals surface area contributed by atoms with Crippen LogP contribution in [0.2, 0.25) is 5.02 Å². The van der Waals surface area contributed by atoms with Crippen molar-refractivity contribution in [1.82, 2.24) is 19.2 Å². The van der Waals surface area contributed by atoms with Crippen LogP contribution in [0.1, 0.15) is 47.6 Å². The van der Waals surface area contributed by atoms with Gasteiger partial charge in [0.05, 0.1) is 56.0 Å². The molecule has 0 unspecified atom stereocenters. The van der Waals surface area contributed by atoms with Gasteiger partial charge in [-0.05, 0) is 54.8 Å². The highest BCUT2D eigenvalue weighted by Gasteiger charge is 2.26. The van der Waals surface area contributed by atoms with E-state index in [0.717, 1.165) is 58.9 Å². The van der Waals surface area contributed by atoms with Crippen molar-refractivity contribution in [3.63, 3.8) is 0 Å². The van der Waals surface area contributed by atoms with Crippen LogP contribution in [0, 0.1) is 5.92 Å². The fourth-order valence-electron chi connectivity index (χ4n) is 5.59. The van der Waals surface area contributed by atoms with E-state index in [1.165, 1.54) is 0 Å². The summed E-state index contributed by atoms with van der Waals surface area (Å²) in [6.45, 7) is 9.44. The van der Waals surface area contributed by atoms with Crippen molar-refractivity contribution in [3.8, 4) is 17.2 Å². The van der Waals surface area contributed by atoms with Gasteiger partial charge in [-0.3, -0.25) is 9.69 Å². The van der Waals surface area contributed by atoms with Gasteiger partial charge >= 0.3 is 0 Å². The number of aromatic nitrogens is 2. The van der Waals surface area contributed by atoms with E-state index in [9.17, 15) is 4.79 Å². The summed E-state index contributed by atoms with van der Waals surface area (Å²) in [6.07, 6.45) is 3.40. The Morgan fingerprint density at radius 3 is 2.59 bits per heavy atom. The Morgan fingerprint density at radius 1 is 1.09 bits per heavy atom. The standard InChI is InChI=1S/C35H42BrClN4O5/c1-24(2)12-14-40(35(42)27-9-11-31(44-4)34(33(27)37)46-20-17-39-15-18-45-19-16-39)23-28-29(41-13-6-5-7-32(41)38-28)22-25-21-26(36)8-10-30(25)43-3/h5-11,13,21,24H,12,14-20,22-23H2,1-4H3. The predicted molar refractivity (Wildman–Crippen MR) is 184 cm³/mol. The summed E-state index contributed by atoms with van der Waals surface area (Å²) < 4.78 is 25.9. The van der Waals surface area contributed by atoms with E-state index < -0.39 is 0 Å². The first kappa shape index (κ1) is 34.0. The maximum atomic E-state index is 14.3. The molecule has 1 aliphatic rings. The number of imidazole rings is 1. The number of morpholine rings is 1. The Balaban J connectivity index is 1.46. The van der Waals surface area contributed by atoms with E-state index in [1.54, 1.807) is 26.4 Å². The third-order valence-corrected chi connectivity index (χ3v) is 9.05. The number of halogens is 2. The predicted octanol–water partition coefficient (Wildman–Crippen LogP) is 6.76. The molecule has 246 valence electrons. The van der Waals surface area contributed by atoms with Crippen LogP contribution in [0.25, 0.3) is 5.65 Å². The van der Waals surface area contributed by atoms with Crippen LogP contribution in [0.5, 0.6) is 17.2 Å². The zero-order valence-electron chi connectivity index (χ0n) is 26.9. The first-order valence-corrected chi connectivity index (χ1v) is 16.8. The summed E-state index contributed by atoms with van der Waals surface area (Å²) in [5.41, 5.74) is 4.00. The molecule has 4 aromatic rings. The van der Waals surface area contributed by atoms with Gasteiger partial charge in [-0.15, -0.1) is 0 Å². The second-order valence-corrected chi connectivity index (χ2v) is 13.0. The second-order valence-electron chi connectivity index (χ2n) is 11.7. The maximum absolute atomic E-state index is 14.3. The fraction of sp³-hybridized carbons (Fsp3) is 0.429. The van der Waals surface area contributed by atoms with E-state index in [0.29, 0.717) is 62.3 Å². The molecule has 0 bridgehead atoms. The molecule has 2 aromatic heterocycles. The number of ether oxygens (including phenoxy) is 4. The lowest BCUT2D eigenvalue weighted by Crippen LogP contribution is -2.38. The number of carbonyl (C=O) groups excluding carboxylic acids is 1. The fourth-order valence-corrected chi connectivity index (χ4v) is 6.29. The number of benzene rings is 2. The van der Waals surface area contributed by atoms with Gasteiger partial charge in [0.1, 0.15) is 18.0 Å². The molecule has 0 radical (unpaired) electrons. The van der Waals surface area contributed by atoms with Crippen LogP contribution < -0.4 is 14.2 Å². The van der Waals surface area contributed by atoms with Gasteiger partial charge in [0, 0.05) is 48.8 Å². The molecule has 2 aromatic carbocycles. The summed E-state index contributed by atoms with van der Waals surface area (Å²) in [6, 6.07) is 15.4. The number of hydrogen-bond donors (Lipinski definition) is 0. The lowest BCUT2D eigenvalue weighted by molar-refractivity contribution is 0.0321. The average Bonchev–Trinajstić information content (AvgIpc) is 3.40. The zero-order chi connectivity index (χ0) is 32.6. The van der Waals surface area contributed by atoms with Crippen LogP contribution in [0.3, 0.4) is 0 Å². The molecule has 0 aliphatic carbocycles. The Kier molecular flexibility index (Phi) is 11.8. The summed E-state index contributed by atoms with van der Waals surface area (Å²) in [4.78, 5) is 23.5. The number of nitrogens with zero attached hydrogens (tertiary/aromatic N) is 4. The highest BCUT2D eigenvalue weighted by atomic mass is 79.9. The average molecular weight is 714 g/mol. The van der Waals surface area contributed by atoms with Gasteiger partial charge in [-0.2, -0.15) is 0 Å². The minimum absolute atomic E-state index is 0.186. The van der Waals surface area contributed by atoms with Crippen LogP contribution in [-0.4, -0.2) is 85.3 Å². The van der Waals surface area contributed by atoms with Crippen molar-refractivity contribution >= 4 is 39.1 Å². The molecule has 0 N–H and O–H groups in total. The number of rotatable bonds is 14. The lowest BCUT2D eigenvalue weighted by atomic mass is 10.1. The number of fused-ring (bicyclic) bond motifs is 1. The monoisotopic (exact) mass is 712 g/mol. The molecule has 5 rings (SSSR count). The summed E-state index contributed by atoms with van der Waals surface area (Å²) in [7, 11) is 3.25. The molecule has 1 fully saturated rings. The van der Waals surface area contributed by atoms with Crippen molar-refractivity contribution in [1.29, 1.82) is 0 Å². The molecule has 11 heteroatoms. The SMILES string of the molecule is COc1ccc(Br)cc1Cc1c(CN(CCC(C)C)C(=O)c2ccc(OC)c(OCCN3CCOCC3)c2Cl)nc2ccccn12. The molecular weight excluding hydrogens is 672 g/mol. The van der Waals surface area contributed by atoms with Gasteiger partial charge < -0.3 is 28.2 Å². The van der Waals surface area contributed by atoms with Crippen molar-refractivity contribution in [2.45, 2.75) is 33.2 Å². The molecule has 9 nitrogen and oxygen atoms in total. The van der Waals surface area contributed by atoms with E-state index >= 15 is 0 Å². The van der Waals surface area contributed by atoms with Crippen LogP contribution in [-0.2, 0) is 17.7 Å². The van der Waals surface area contributed by atoms with Crippen LogP contribution >= 0.6 is 27.5 Å². The molecule has 0 saturated carbocycles. The lowest BCUT2D eigenvalue weighted by Gasteiger charge is -2.27. The number of carbonyl (C=O) groups is 1. The number of amides is 1. The van der Waals surface area contributed by atoms with Crippen molar-refractivity contribution < 1.29 is 23.7 Å². The van der Waals surface area contributed by atoms with Gasteiger partial charge in [0.2, 0.25) is 0 Å². The number of pyridine rings is 1. The summed E-state index contributed by atoms with van der Waals surface area (Å²) in [5.74, 6) is 1.87. The molecule has 3 heterocycles. The van der Waals surface area contributed by atoms with Gasteiger partial charge in [0.25, 0.3) is 5.91 Å². The highest BCUT2D eigenvalue weighted by Crippen LogP contribution is 2.38. The molecule has 46 heavy (non-hydrogen) atoms. The molecule has 0 atom stereocenters. The topological polar surface area (TPSA) is 77.8 Å². The highest BCUT2D eigenvalue weighted by molar-refractivity contribution is 9.10. The third-order valence-electron chi connectivity index (χ3n) is 8.19. The van der Waals surface area contributed by atoms with E-state index in [4.69, 9.17) is 35.5 Å². The van der Waals surface area contributed by atoms with E-state index in [2.05, 4.69) is 45.1 Å². The molecule has 0 spiro atoms. The normalized spacial score (nSPS) is 13.7. The Hall–Kier alpha value is -3.31. The summed E-state index contributed by atoms with van der Waals surface area (Å²) >= 11 is 10.6. The number of hydrogen-bond acceptors (Lipinski definition) is 7. The van der Waals surface area contributed by atoms with Crippen molar-refractivity contribution in [2.75, 3.05) is 60.2 Å². The first-order chi connectivity index (χ1) is 22.3. The third kappa shape index (κ3) is 8.15. The van der Waals surface area contributed by atoms with Gasteiger partial charge in [0.15, 0.2) is 11.5 Å². The molecular formula is C35H42BrClN4O5. The van der Waals surface area contributed by atoms with Crippen LogP contribution in [0.15, 0.2) is 59.2 Å². The summed E-state index contributed by atoms with van der Waals surface area (Å²) in [5, 5.41) is 0.245. The molecule has 1 amide bonds. The molecule has 1 aliphatic heterocycles. The number of methoxy groups -OCH3 is 2. The van der Waals surface area contributed by atoms with Crippen molar-refractivity contribution in [2.24, 2.45) is 5.92 Å². The Labute approximate surface area is 284 Å². The maximum Gasteiger partial charge on any atom is 0.255 e. The quantitative estimate of drug-likeness (QED) is 0.143.